The molecule has 3 heterocycles. The number of anilines is 1. The number of rotatable bonds is 8. The Labute approximate surface area is 229 Å². The molecule has 0 N–H and O–H groups in total. The Hall–Kier alpha value is -1.95. The number of methoxy groups -OCH3 is 2. The molecule has 212 valence electrons. The molecule has 2 aliphatic rings. The van der Waals surface area contributed by atoms with Crippen LogP contribution in [0.4, 0.5) is 5.82 Å². The van der Waals surface area contributed by atoms with Gasteiger partial charge in [-0.05, 0) is 48.9 Å². The first-order chi connectivity index (χ1) is 17.8. The highest BCUT2D eigenvalue weighted by molar-refractivity contribution is 7.89. The maximum absolute atomic E-state index is 12.5. The zero-order valence-corrected chi connectivity index (χ0v) is 26.0. The Balaban J connectivity index is 1.65. The summed E-state index contributed by atoms with van der Waals surface area (Å²) >= 11 is 0. The summed E-state index contributed by atoms with van der Waals surface area (Å²) in [4.78, 5) is 11.5. The van der Waals surface area contributed by atoms with Crippen molar-refractivity contribution in [2.75, 3.05) is 51.1 Å². The van der Waals surface area contributed by atoms with Crippen LogP contribution in [0.3, 0.4) is 0 Å². The Morgan fingerprint density at radius 2 is 1.79 bits per heavy atom. The van der Waals surface area contributed by atoms with Gasteiger partial charge in [-0.2, -0.15) is 0 Å². The van der Waals surface area contributed by atoms with Crippen molar-refractivity contribution in [3.05, 3.63) is 18.5 Å². The van der Waals surface area contributed by atoms with Gasteiger partial charge in [0.05, 0.1) is 31.6 Å². The third-order valence-electron chi connectivity index (χ3n) is 8.71. The van der Waals surface area contributed by atoms with Crippen LogP contribution in [0.5, 0.6) is 11.5 Å². The van der Waals surface area contributed by atoms with Crippen LogP contribution in [0.25, 0.3) is 10.9 Å². The molecule has 38 heavy (non-hydrogen) atoms. The standard InChI is InChI=1S/C27H44N4O5SSi/c1-19(16-31-11-9-13-37(31,32)33)20-10-12-30(17-25(20)36-38(7,8)27(2,3)4)26-21-14-23(34-5)24(35-6)15-22(21)28-18-29-26/h14-15,18-20,25H,9-13,16-17H2,1-8H3. The summed E-state index contributed by atoms with van der Waals surface area (Å²) in [6, 6.07) is 3.83. The Morgan fingerprint density at radius 1 is 1.11 bits per heavy atom. The first-order valence-electron chi connectivity index (χ1n) is 13.5. The summed E-state index contributed by atoms with van der Waals surface area (Å²) in [7, 11) is -1.98. The van der Waals surface area contributed by atoms with E-state index in [-0.39, 0.29) is 28.7 Å². The normalized spacial score (nSPS) is 23.5. The van der Waals surface area contributed by atoms with Crippen molar-refractivity contribution >= 4 is 35.1 Å². The lowest BCUT2D eigenvalue weighted by atomic mass is 9.83. The lowest BCUT2D eigenvalue weighted by molar-refractivity contribution is 0.0654. The molecule has 9 nitrogen and oxygen atoms in total. The van der Waals surface area contributed by atoms with Crippen molar-refractivity contribution in [3.63, 3.8) is 0 Å². The number of sulfonamides is 1. The Morgan fingerprint density at radius 3 is 2.39 bits per heavy atom. The number of hydrogen-bond acceptors (Lipinski definition) is 8. The molecule has 0 amide bonds. The largest absolute Gasteiger partial charge is 0.493 e. The minimum Gasteiger partial charge on any atom is -0.493 e. The molecule has 2 saturated heterocycles. The van der Waals surface area contributed by atoms with Gasteiger partial charge in [0.2, 0.25) is 10.0 Å². The zero-order chi connectivity index (χ0) is 27.9. The molecule has 3 unspecified atom stereocenters. The van der Waals surface area contributed by atoms with Gasteiger partial charge < -0.3 is 18.8 Å². The van der Waals surface area contributed by atoms with E-state index in [0.717, 1.165) is 29.7 Å². The second-order valence-electron chi connectivity index (χ2n) is 12.2. The minimum absolute atomic E-state index is 0.0323. The Kier molecular flexibility index (Phi) is 8.33. The van der Waals surface area contributed by atoms with Gasteiger partial charge in [-0.15, -0.1) is 0 Å². The molecule has 3 atom stereocenters. The maximum Gasteiger partial charge on any atom is 0.214 e. The minimum atomic E-state index is -3.14. The molecule has 2 aliphatic heterocycles. The van der Waals surface area contributed by atoms with E-state index in [9.17, 15) is 8.42 Å². The second-order valence-corrected chi connectivity index (χ2v) is 19.1. The molecule has 0 radical (unpaired) electrons. The van der Waals surface area contributed by atoms with Crippen LogP contribution in [0.1, 0.15) is 40.5 Å². The number of ether oxygens (including phenoxy) is 2. The molecule has 4 rings (SSSR count). The van der Waals surface area contributed by atoms with E-state index < -0.39 is 18.3 Å². The second kappa shape index (κ2) is 10.9. The molecule has 0 aliphatic carbocycles. The van der Waals surface area contributed by atoms with Gasteiger partial charge in [-0.25, -0.2) is 22.7 Å². The number of aromatic nitrogens is 2. The van der Waals surface area contributed by atoms with Crippen LogP contribution in [-0.2, 0) is 14.4 Å². The van der Waals surface area contributed by atoms with Crippen molar-refractivity contribution in [2.24, 2.45) is 11.8 Å². The van der Waals surface area contributed by atoms with Crippen LogP contribution in [-0.4, -0.2) is 83.3 Å². The lowest BCUT2D eigenvalue weighted by Gasteiger charge is -2.47. The van der Waals surface area contributed by atoms with E-state index in [4.69, 9.17) is 18.9 Å². The summed E-state index contributed by atoms with van der Waals surface area (Å²) < 4.78 is 44.9. The van der Waals surface area contributed by atoms with Gasteiger partial charge in [0.15, 0.2) is 19.8 Å². The first-order valence-corrected chi connectivity index (χ1v) is 18.1. The molecule has 2 aromatic rings. The molecular formula is C27H44N4O5SSi. The van der Waals surface area contributed by atoms with Crippen LogP contribution < -0.4 is 14.4 Å². The van der Waals surface area contributed by atoms with Crippen molar-refractivity contribution < 1.29 is 22.3 Å². The molecule has 0 saturated carbocycles. The van der Waals surface area contributed by atoms with Gasteiger partial charge in [0, 0.05) is 37.6 Å². The fourth-order valence-corrected chi connectivity index (χ4v) is 8.41. The van der Waals surface area contributed by atoms with E-state index in [1.165, 1.54) is 0 Å². The topological polar surface area (TPSA) is 94.1 Å². The highest BCUT2D eigenvalue weighted by Crippen LogP contribution is 2.42. The average Bonchev–Trinajstić information content (AvgIpc) is 3.18. The molecule has 11 heteroatoms. The van der Waals surface area contributed by atoms with Crippen molar-refractivity contribution in [1.29, 1.82) is 0 Å². The molecule has 2 fully saturated rings. The van der Waals surface area contributed by atoms with Gasteiger partial charge in [-0.3, -0.25) is 0 Å². The van der Waals surface area contributed by atoms with E-state index in [1.807, 2.05) is 12.1 Å². The van der Waals surface area contributed by atoms with Gasteiger partial charge in [-0.1, -0.05) is 27.7 Å². The summed E-state index contributed by atoms with van der Waals surface area (Å²) in [5.41, 5.74) is 0.796. The summed E-state index contributed by atoms with van der Waals surface area (Å²) in [5, 5.41) is 0.971. The summed E-state index contributed by atoms with van der Waals surface area (Å²) in [6.07, 6.45) is 3.18. The van der Waals surface area contributed by atoms with Crippen molar-refractivity contribution in [2.45, 2.75) is 64.8 Å². The Bertz CT molecular complexity index is 1250. The number of hydrogen-bond donors (Lipinski definition) is 0. The van der Waals surface area contributed by atoms with Gasteiger partial charge in [0.1, 0.15) is 12.1 Å². The van der Waals surface area contributed by atoms with Crippen LogP contribution in [0, 0.1) is 11.8 Å². The number of nitrogens with zero attached hydrogens (tertiary/aromatic N) is 4. The van der Waals surface area contributed by atoms with E-state index in [0.29, 0.717) is 37.6 Å². The third-order valence-corrected chi connectivity index (χ3v) is 15.1. The van der Waals surface area contributed by atoms with Crippen LogP contribution in [0.2, 0.25) is 18.1 Å². The van der Waals surface area contributed by atoms with Crippen molar-refractivity contribution in [1.82, 2.24) is 14.3 Å². The fraction of sp³-hybridized carbons (Fsp3) is 0.704. The van der Waals surface area contributed by atoms with Crippen LogP contribution >= 0.6 is 0 Å². The lowest BCUT2D eigenvalue weighted by Crippen LogP contribution is -2.54. The molecule has 0 bridgehead atoms. The van der Waals surface area contributed by atoms with E-state index in [1.54, 1.807) is 24.9 Å². The smallest absolute Gasteiger partial charge is 0.214 e. The molecule has 1 aromatic heterocycles. The zero-order valence-electron chi connectivity index (χ0n) is 24.2. The summed E-state index contributed by atoms with van der Waals surface area (Å²) in [5.74, 6) is 2.82. The third kappa shape index (κ3) is 5.80. The highest BCUT2D eigenvalue weighted by Gasteiger charge is 2.44. The quantitative estimate of drug-likeness (QED) is 0.432. The SMILES string of the molecule is COc1cc2ncnc(N3CCC(C(C)CN4CCCS4(=O)=O)C(O[Si](C)(C)C(C)(C)C)C3)c2cc1OC. The predicted octanol–water partition coefficient (Wildman–Crippen LogP) is 4.54. The first kappa shape index (κ1) is 29.0. The predicted molar refractivity (Wildman–Crippen MR) is 154 cm³/mol. The molecule has 1 aromatic carbocycles. The monoisotopic (exact) mass is 564 g/mol. The maximum atomic E-state index is 12.5. The van der Waals surface area contributed by atoms with E-state index >= 15 is 0 Å². The number of piperidine rings is 1. The average molecular weight is 565 g/mol. The fourth-order valence-electron chi connectivity index (χ4n) is 5.43. The van der Waals surface area contributed by atoms with E-state index in [2.05, 4.69) is 50.7 Å². The van der Waals surface area contributed by atoms with Crippen LogP contribution in [0.15, 0.2) is 18.5 Å². The number of benzene rings is 1. The van der Waals surface area contributed by atoms with Gasteiger partial charge >= 0.3 is 0 Å². The highest BCUT2D eigenvalue weighted by atomic mass is 32.2. The molecule has 0 spiro atoms. The summed E-state index contributed by atoms with van der Waals surface area (Å²) in [6.45, 7) is 16.2. The van der Waals surface area contributed by atoms with Gasteiger partial charge in [0.25, 0.3) is 0 Å². The number of fused-ring (bicyclic) bond motifs is 1. The van der Waals surface area contributed by atoms with Crippen molar-refractivity contribution in [3.8, 4) is 11.5 Å². The molecular weight excluding hydrogens is 520 g/mol.